The lowest BCUT2D eigenvalue weighted by Gasteiger charge is -2.19. The molecule has 0 bridgehead atoms. The van der Waals surface area contributed by atoms with Crippen LogP contribution in [0.4, 0.5) is 0 Å². The van der Waals surface area contributed by atoms with Crippen molar-refractivity contribution in [1.29, 1.82) is 0 Å². The van der Waals surface area contributed by atoms with Crippen LogP contribution in [0.15, 0.2) is 42.7 Å². The van der Waals surface area contributed by atoms with Gasteiger partial charge in [0, 0.05) is 18.9 Å². The molecule has 0 aliphatic rings. The number of rotatable bonds is 2. The number of hydrogen-bond donors (Lipinski definition) is 1. The zero-order valence-corrected chi connectivity index (χ0v) is 11.3. The molecular formula is C16H20N2. The molecular weight excluding hydrogens is 220 g/mol. The minimum atomic E-state index is 0.188. The van der Waals surface area contributed by atoms with Crippen LogP contribution in [-0.4, -0.2) is 4.98 Å². The molecule has 0 aliphatic heterocycles. The van der Waals surface area contributed by atoms with E-state index in [9.17, 15) is 0 Å². The monoisotopic (exact) mass is 240 g/mol. The zero-order valence-electron chi connectivity index (χ0n) is 11.3. The molecule has 2 N–H and O–H groups in total. The summed E-state index contributed by atoms with van der Waals surface area (Å²) in [4.78, 5) is 4.12. The predicted octanol–water partition coefficient (Wildman–Crippen LogP) is 3.50. The van der Waals surface area contributed by atoms with E-state index in [0.717, 1.165) is 5.56 Å². The quantitative estimate of drug-likeness (QED) is 0.872. The predicted molar refractivity (Wildman–Crippen MR) is 76.3 cm³/mol. The summed E-state index contributed by atoms with van der Waals surface area (Å²) < 4.78 is 0. The molecule has 0 amide bonds. The normalized spacial score (nSPS) is 11.6. The van der Waals surface area contributed by atoms with E-state index in [4.69, 9.17) is 5.73 Å². The van der Waals surface area contributed by atoms with Crippen LogP contribution in [0, 0.1) is 0 Å². The molecule has 2 nitrogen and oxygen atoms in total. The second-order valence-electron chi connectivity index (χ2n) is 5.56. The molecule has 1 heterocycles. The molecule has 0 radical (unpaired) electrons. The summed E-state index contributed by atoms with van der Waals surface area (Å²) >= 11 is 0. The van der Waals surface area contributed by atoms with Gasteiger partial charge in [0.25, 0.3) is 0 Å². The van der Waals surface area contributed by atoms with Crippen LogP contribution in [0.25, 0.3) is 11.1 Å². The Morgan fingerprint density at radius 3 is 2.28 bits per heavy atom. The van der Waals surface area contributed by atoms with Gasteiger partial charge in [-0.3, -0.25) is 4.98 Å². The number of nitrogens with two attached hydrogens (primary N) is 1. The second kappa shape index (κ2) is 4.91. The summed E-state index contributed by atoms with van der Waals surface area (Å²) in [6.07, 6.45) is 3.65. The van der Waals surface area contributed by atoms with Crippen molar-refractivity contribution in [3.05, 3.63) is 53.9 Å². The molecule has 2 heteroatoms. The molecule has 18 heavy (non-hydrogen) atoms. The summed E-state index contributed by atoms with van der Waals surface area (Å²) in [5.41, 5.74) is 10.7. The van der Waals surface area contributed by atoms with E-state index in [1.165, 1.54) is 16.7 Å². The Morgan fingerprint density at radius 1 is 1.06 bits per heavy atom. The molecule has 0 atom stereocenters. The fraction of sp³-hybridized carbons (Fsp3) is 0.312. The largest absolute Gasteiger partial charge is 0.326 e. The van der Waals surface area contributed by atoms with E-state index in [0.29, 0.717) is 6.54 Å². The van der Waals surface area contributed by atoms with Crippen LogP contribution < -0.4 is 5.73 Å². The summed E-state index contributed by atoms with van der Waals surface area (Å²) in [6.45, 7) is 7.18. The number of pyridine rings is 1. The molecule has 0 saturated carbocycles. The van der Waals surface area contributed by atoms with Gasteiger partial charge in [0.15, 0.2) is 0 Å². The summed E-state index contributed by atoms with van der Waals surface area (Å²) in [7, 11) is 0. The van der Waals surface area contributed by atoms with Crippen molar-refractivity contribution >= 4 is 0 Å². The van der Waals surface area contributed by atoms with Gasteiger partial charge < -0.3 is 5.73 Å². The standard InChI is InChI=1S/C16H20N2/c1-16(2,3)14-6-4-12(5-7-14)15-8-9-18-11-13(15)10-17/h4-9,11H,10,17H2,1-3H3. The van der Waals surface area contributed by atoms with Crippen molar-refractivity contribution in [2.75, 3.05) is 0 Å². The summed E-state index contributed by atoms with van der Waals surface area (Å²) in [5.74, 6) is 0. The Labute approximate surface area is 109 Å². The topological polar surface area (TPSA) is 38.9 Å². The van der Waals surface area contributed by atoms with E-state index in [1.54, 1.807) is 0 Å². The molecule has 2 aromatic rings. The van der Waals surface area contributed by atoms with Gasteiger partial charge in [-0.1, -0.05) is 45.0 Å². The maximum Gasteiger partial charge on any atom is 0.0318 e. The highest BCUT2D eigenvalue weighted by molar-refractivity contribution is 5.67. The highest BCUT2D eigenvalue weighted by Crippen LogP contribution is 2.27. The van der Waals surface area contributed by atoms with Crippen molar-refractivity contribution in [3.63, 3.8) is 0 Å². The van der Waals surface area contributed by atoms with Gasteiger partial charge in [-0.2, -0.15) is 0 Å². The maximum absolute atomic E-state index is 5.75. The van der Waals surface area contributed by atoms with E-state index in [-0.39, 0.29) is 5.41 Å². The van der Waals surface area contributed by atoms with Crippen LogP contribution >= 0.6 is 0 Å². The average Bonchev–Trinajstić information content (AvgIpc) is 2.38. The van der Waals surface area contributed by atoms with Crippen molar-refractivity contribution in [2.45, 2.75) is 32.7 Å². The highest BCUT2D eigenvalue weighted by Gasteiger charge is 2.13. The minimum Gasteiger partial charge on any atom is -0.326 e. The maximum atomic E-state index is 5.75. The van der Waals surface area contributed by atoms with Crippen molar-refractivity contribution in [1.82, 2.24) is 4.98 Å². The summed E-state index contributed by atoms with van der Waals surface area (Å²) in [5, 5.41) is 0. The minimum absolute atomic E-state index is 0.188. The van der Waals surface area contributed by atoms with E-state index in [2.05, 4.69) is 50.0 Å². The molecule has 0 saturated heterocycles. The smallest absolute Gasteiger partial charge is 0.0318 e. The molecule has 0 spiro atoms. The van der Waals surface area contributed by atoms with E-state index < -0.39 is 0 Å². The van der Waals surface area contributed by atoms with Gasteiger partial charge in [0.1, 0.15) is 0 Å². The molecule has 0 aliphatic carbocycles. The molecule has 1 aromatic heterocycles. The first kappa shape index (κ1) is 12.8. The Hall–Kier alpha value is -1.67. The molecule has 2 rings (SSSR count). The third-order valence-corrected chi connectivity index (χ3v) is 3.19. The Kier molecular flexibility index (Phi) is 3.48. The van der Waals surface area contributed by atoms with Crippen molar-refractivity contribution < 1.29 is 0 Å². The van der Waals surface area contributed by atoms with Crippen LogP contribution in [0.3, 0.4) is 0 Å². The average molecular weight is 240 g/mol. The zero-order chi connectivity index (χ0) is 13.2. The number of hydrogen-bond acceptors (Lipinski definition) is 2. The second-order valence-corrected chi connectivity index (χ2v) is 5.56. The third kappa shape index (κ3) is 2.59. The number of benzene rings is 1. The first-order valence-electron chi connectivity index (χ1n) is 6.26. The van der Waals surface area contributed by atoms with Crippen LogP contribution in [0.1, 0.15) is 31.9 Å². The lowest BCUT2D eigenvalue weighted by molar-refractivity contribution is 0.590. The van der Waals surface area contributed by atoms with Crippen LogP contribution in [-0.2, 0) is 12.0 Å². The Balaban J connectivity index is 2.41. The Bertz CT molecular complexity index is 522. The van der Waals surface area contributed by atoms with Gasteiger partial charge in [-0.25, -0.2) is 0 Å². The Morgan fingerprint density at radius 2 is 1.72 bits per heavy atom. The molecule has 0 unspecified atom stereocenters. The van der Waals surface area contributed by atoms with Gasteiger partial charge in [0.2, 0.25) is 0 Å². The third-order valence-electron chi connectivity index (χ3n) is 3.19. The fourth-order valence-corrected chi connectivity index (χ4v) is 2.02. The van der Waals surface area contributed by atoms with Crippen molar-refractivity contribution in [2.24, 2.45) is 5.73 Å². The molecule has 94 valence electrons. The van der Waals surface area contributed by atoms with Crippen LogP contribution in [0.5, 0.6) is 0 Å². The molecule has 1 aromatic carbocycles. The lowest BCUT2D eigenvalue weighted by atomic mass is 9.86. The van der Waals surface area contributed by atoms with Gasteiger partial charge in [0.05, 0.1) is 0 Å². The van der Waals surface area contributed by atoms with E-state index >= 15 is 0 Å². The fourth-order valence-electron chi connectivity index (χ4n) is 2.02. The number of nitrogens with zero attached hydrogens (tertiary/aromatic N) is 1. The van der Waals surface area contributed by atoms with Gasteiger partial charge in [-0.15, -0.1) is 0 Å². The first-order valence-corrected chi connectivity index (χ1v) is 6.26. The molecule has 0 fully saturated rings. The van der Waals surface area contributed by atoms with Crippen LogP contribution in [0.2, 0.25) is 0 Å². The first-order chi connectivity index (χ1) is 8.52. The lowest BCUT2D eigenvalue weighted by Crippen LogP contribution is -2.10. The van der Waals surface area contributed by atoms with Crippen molar-refractivity contribution in [3.8, 4) is 11.1 Å². The SMILES string of the molecule is CC(C)(C)c1ccc(-c2ccncc2CN)cc1. The van der Waals surface area contributed by atoms with E-state index in [1.807, 2.05) is 18.5 Å². The number of aromatic nitrogens is 1. The summed E-state index contributed by atoms with van der Waals surface area (Å²) in [6, 6.07) is 10.7. The van der Waals surface area contributed by atoms with Gasteiger partial charge >= 0.3 is 0 Å². The van der Waals surface area contributed by atoms with Gasteiger partial charge in [-0.05, 0) is 33.7 Å². The highest BCUT2D eigenvalue weighted by atomic mass is 14.6.